The van der Waals surface area contributed by atoms with Gasteiger partial charge in [0, 0.05) is 18.5 Å². The summed E-state index contributed by atoms with van der Waals surface area (Å²) in [6, 6.07) is -0.260. The number of piperidine rings is 1. The first-order valence-electron chi connectivity index (χ1n) is 4.84. The van der Waals surface area contributed by atoms with E-state index in [1.54, 1.807) is 4.90 Å². The number of rotatable bonds is 0. The van der Waals surface area contributed by atoms with Gasteiger partial charge in [0.05, 0.1) is 0 Å². The van der Waals surface area contributed by atoms with Gasteiger partial charge in [-0.05, 0) is 33.0 Å². The third-order valence-electron chi connectivity index (χ3n) is 3.41. The maximum absolute atomic E-state index is 10.8. The summed E-state index contributed by atoms with van der Waals surface area (Å²) in [4.78, 5) is 14.9. The van der Waals surface area contributed by atoms with Crippen molar-refractivity contribution in [2.45, 2.75) is 12.8 Å². The van der Waals surface area contributed by atoms with Crippen LogP contribution in [-0.2, 0) is 0 Å². The van der Waals surface area contributed by atoms with Gasteiger partial charge in [-0.3, -0.25) is 0 Å². The van der Waals surface area contributed by atoms with E-state index in [1.807, 2.05) is 0 Å². The van der Waals surface area contributed by atoms with Crippen molar-refractivity contribution < 1.29 is 4.79 Å². The molecule has 0 aromatic heterocycles. The summed E-state index contributed by atoms with van der Waals surface area (Å²) in [5, 5.41) is 0. The minimum absolute atomic E-state index is 0.260. The van der Waals surface area contributed by atoms with Crippen LogP contribution in [0.1, 0.15) is 12.8 Å². The molecular weight excluding hydrogens is 166 g/mol. The normalized spacial score (nSPS) is 27.3. The molecule has 4 heteroatoms. The zero-order valence-corrected chi connectivity index (χ0v) is 8.12. The molecule has 2 aliphatic rings. The predicted molar refractivity (Wildman–Crippen MR) is 50.3 cm³/mol. The van der Waals surface area contributed by atoms with E-state index in [-0.39, 0.29) is 6.03 Å². The van der Waals surface area contributed by atoms with Crippen LogP contribution in [0.5, 0.6) is 0 Å². The van der Waals surface area contributed by atoms with Crippen molar-refractivity contribution in [2.75, 3.05) is 33.2 Å². The lowest BCUT2D eigenvalue weighted by Gasteiger charge is -2.53. The average Bonchev–Trinajstić information content (AvgIpc) is 2.02. The number of primary amides is 1. The van der Waals surface area contributed by atoms with Gasteiger partial charge in [-0.2, -0.15) is 0 Å². The number of carbonyl (C=O) groups is 1. The lowest BCUT2D eigenvalue weighted by Crippen LogP contribution is -2.62. The summed E-state index contributed by atoms with van der Waals surface area (Å²) >= 11 is 0. The number of hydrogen-bond acceptors (Lipinski definition) is 2. The van der Waals surface area contributed by atoms with Gasteiger partial charge in [0.2, 0.25) is 0 Å². The summed E-state index contributed by atoms with van der Waals surface area (Å²) in [6.07, 6.45) is 2.43. The molecule has 0 atom stereocenters. The van der Waals surface area contributed by atoms with Crippen LogP contribution < -0.4 is 5.73 Å². The molecule has 4 nitrogen and oxygen atoms in total. The van der Waals surface area contributed by atoms with E-state index in [0.29, 0.717) is 5.41 Å². The Kier molecular flexibility index (Phi) is 1.95. The molecule has 2 rings (SSSR count). The van der Waals surface area contributed by atoms with E-state index < -0.39 is 0 Å². The molecule has 1 spiro atoms. The minimum Gasteiger partial charge on any atom is -0.351 e. The van der Waals surface area contributed by atoms with Gasteiger partial charge in [-0.1, -0.05) is 0 Å². The number of urea groups is 1. The topological polar surface area (TPSA) is 49.6 Å². The van der Waals surface area contributed by atoms with E-state index in [9.17, 15) is 4.79 Å². The molecule has 0 saturated carbocycles. The van der Waals surface area contributed by atoms with Crippen molar-refractivity contribution in [2.24, 2.45) is 11.1 Å². The third kappa shape index (κ3) is 1.50. The Balaban J connectivity index is 1.86. The van der Waals surface area contributed by atoms with Crippen LogP contribution in [-0.4, -0.2) is 49.1 Å². The van der Waals surface area contributed by atoms with Gasteiger partial charge in [0.25, 0.3) is 0 Å². The summed E-state index contributed by atoms with van der Waals surface area (Å²) < 4.78 is 0. The molecule has 0 aliphatic carbocycles. The first-order chi connectivity index (χ1) is 6.11. The SMILES string of the molecule is CN1CCC2(CC1)CN(C(N)=O)C2. The Morgan fingerprint density at radius 3 is 2.31 bits per heavy atom. The van der Waals surface area contributed by atoms with Crippen molar-refractivity contribution in [1.82, 2.24) is 9.80 Å². The maximum Gasteiger partial charge on any atom is 0.314 e. The molecule has 0 radical (unpaired) electrons. The van der Waals surface area contributed by atoms with Crippen molar-refractivity contribution in [1.29, 1.82) is 0 Å². The Morgan fingerprint density at radius 1 is 1.31 bits per heavy atom. The molecule has 2 amide bonds. The van der Waals surface area contributed by atoms with Crippen molar-refractivity contribution in [3.8, 4) is 0 Å². The van der Waals surface area contributed by atoms with E-state index in [2.05, 4.69) is 11.9 Å². The van der Waals surface area contributed by atoms with E-state index >= 15 is 0 Å². The fraction of sp³-hybridized carbons (Fsp3) is 0.889. The lowest BCUT2D eigenvalue weighted by molar-refractivity contribution is -0.0141. The van der Waals surface area contributed by atoms with Crippen LogP contribution in [0.15, 0.2) is 0 Å². The largest absolute Gasteiger partial charge is 0.351 e. The minimum atomic E-state index is -0.260. The second kappa shape index (κ2) is 2.87. The van der Waals surface area contributed by atoms with Crippen LogP contribution in [0.3, 0.4) is 0 Å². The maximum atomic E-state index is 10.8. The number of nitrogens with two attached hydrogens (primary N) is 1. The molecule has 0 aromatic rings. The fourth-order valence-corrected chi connectivity index (χ4v) is 2.33. The van der Waals surface area contributed by atoms with E-state index in [1.165, 1.54) is 12.8 Å². The Morgan fingerprint density at radius 2 is 1.85 bits per heavy atom. The highest BCUT2D eigenvalue weighted by atomic mass is 16.2. The summed E-state index contributed by atoms with van der Waals surface area (Å²) in [6.45, 7) is 4.09. The molecule has 13 heavy (non-hydrogen) atoms. The summed E-state index contributed by atoms with van der Waals surface area (Å²) in [7, 11) is 2.15. The van der Waals surface area contributed by atoms with Crippen molar-refractivity contribution in [3.05, 3.63) is 0 Å². The van der Waals surface area contributed by atoms with Gasteiger partial charge in [0.15, 0.2) is 0 Å². The second-order valence-electron chi connectivity index (χ2n) is 4.50. The Labute approximate surface area is 78.7 Å². The molecule has 74 valence electrons. The number of amides is 2. The Bertz CT molecular complexity index is 213. The zero-order valence-electron chi connectivity index (χ0n) is 8.12. The molecule has 2 saturated heterocycles. The smallest absolute Gasteiger partial charge is 0.314 e. The molecule has 0 aromatic carbocycles. The highest BCUT2D eigenvalue weighted by Crippen LogP contribution is 2.39. The highest BCUT2D eigenvalue weighted by Gasteiger charge is 2.45. The zero-order chi connectivity index (χ0) is 9.47. The van der Waals surface area contributed by atoms with Gasteiger partial charge in [0.1, 0.15) is 0 Å². The Hall–Kier alpha value is -0.770. The van der Waals surface area contributed by atoms with Crippen LogP contribution in [0.2, 0.25) is 0 Å². The summed E-state index contributed by atoms with van der Waals surface area (Å²) in [5.41, 5.74) is 5.61. The molecule has 2 aliphatic heterocycles. The quantitative estimate of drug-likeness (QED) is 0.578. The number of hydrogen-bond donors (Lipinski definition) is 1. The standard InChI is InChI=1S/C9H17N3O/c1-11-4-2-9(3-5-11)6-12(7-9)8(10)13/h2-7H2,1H3,(H2,10,13). The van der Waals surface area contributed by atoms with Gasteiger partial charge < -0.3 is 15.5 Å². The van der Waals surface area contributed by atoms with E-state index in [4.69, 9.17) is 5.73 Å². The van der Waals surface area contributed by atoms with Gasteiger partial charge in [-0.25, -0.2) is 4.79 Å². The predicted octanol–water partition coefficient (Wildman–Crippen LogP) is 0.0927. The summed E-state index contributed by atoms with van der Waals surface area (Å²) in [5.74, 6) is 0. The number of likely N-dealkylation sites (tertiary alicyclic amines) is 2. The monoisotopic (exact) mass is 183 g/mol. The average molecular weight is 183 g/mol. The first-order valence-corrected chi connectivity index (χ1v) is 4.84. The molecule has 2 N–H and O–H groups in total. The fourth-order valence-electron chi connectivity index (χ4n) is 2.33. The van der Waals surface area contributed by atoms with Crippen LogP contribution in [0.25, 0.3) is 0 Å². The van der Waals surface area contributed by atoms with Crippen LogP contribution >= 0.6 is 0 Å². The molecule has 2 fully saturated rings. The van der Waals surface area contributed by atoms with Crippen LogP contribution in [0, 0.1) is 5.41 Å². The van der Waals surface area contributed by atoms with Crippen LogP contribution in [0.4, 0.5) is 4.79 Å². The van der Waals surface area contributed by atoms with Crippen molar-refractivity contribution >= 4 is 6.03 Å². The first kappa shape index (κ1) is 8.81. The van der Waals surface area contributed by atoms with Gasteiger partial charge in [-0.15, -0.1) is 0 Å². The van der Waals surface area contributed by atoms with Gasteiger partial charge >= 0.3 is 6.03 Å². The van der Waals surface area contributed by atoms with Crippen molar-refractivity contribution in [3.63, 3.8) is 0 Å². The lowest BCUT2D eigenvalue weighted by atomic mass is 9.72. The highest BCUT2D eigenvalue weighted by molar-refractivity contribution is 5.73. The third-order valence-corrected chi connectivity index (χ3v) is 3.41. The molecule has 0 unspecified atom stereocenters. The van der Waals surface area contributed by atoms with E-state index in [0.717, 1.165) is 26.2 Å². The number of carbonyl (C=O) groups excluding carboxylic acids is 1. The number of nitrogens with zero attached hydrogens (tertiary/aromatic N) is 2. The second-order valence-corrected chi connectivity index (χ2v) is 4.50. The molecule has 0 bridgehead atoms. The molecular formula is C9H17N3O. The molecule has 2 heterocycles.